The van der Waals surface area contributed by atoms with Crippen LogP contribution in [0.1, 0.15) is 46.5 Å². The molecule has 3 N–H and O–H groups in total. The molecule has 0 fully saturated rings. The van der Waals surface area contributed by atoms with Crippen LogP contribution >= 0.6 is 0 Å². The van der Waals surface area contributed by atoms with Crippen LogP contribution in [-0.2, 0) is 35.5 Å². The predicted octanol–water partition coefficient (Wildman–Crippen LogP) is 1.31. The van der Waals surface area contributed by atoms with Gasteiger partial charge in [0.15, 0.2) is 0 Å². The molecule has 21 heavy (non-hydrogen) atoms. The molecule has 0 aromatic rings. The van der Waals surface area contributed by atoms with Crippen LogP contribution in [0.4, 0.5) is 0 Å². The predicted molar refractivity (Wildman–Crippen MR) is 77.1 cm³/mol. The third-order valence-electron chi connectivity index (χ3n) is 3.20. The zero-order valence-corrected chi connectivity index (χ0v) is 15.2. The molecule has 0 radical (unpaired) electrons. The fourth-order valence-electron chi connectivity index (χ4n) is 1.95. The van der Waals surface area contributed by atoms with Gasteiger partial charge in [0.1, 0.15) is 0 Å². The van der Waals surface area contributed by atoms with Crippen molar-refractivity contribution in [3.63, 3.8) is 0 Å². The number of amides is 3. The van der Waals surface area contributed by atoms with Crippen LogP contribution < -0.4 is 9.78 Å². The van der Waals surface area contributed by atoms with E-state index in [4.69, 9.17) is 0 Å². The minimum absolute atomic E-state index is 0.161. The van der Waals surface area contributed by atoms with Gasteiger partial charge >= 0.3 is 131 Å². The van der Waals surface area contributed by atoms with E-state index in [1.807, 2.05) is 18.2 Å². The van der Waals surface area contributed by atoms with E-state index in [1.165, 1.54) is 0 Å². The summed E-state index contributed by atoms with van der Waals surface area (Å²) < 4.78 is 9.79. The van der Waals surface area contributed by atoms with Crippen molar-refractivity contribution in [3.05, 3.63) is 21.5 Å². The van der Waals surface area contributed by atoms with Crippen LogP contribution in [0.15, 0.2) is 21.5 Å². The molecule has 0 bridgehead atoms. The second-order valence-electron chi connectivity index (χ2n) is 4.78. The van der Waals surface area contributed by atoms with Gasteiger partial charge in [-0.05, 0) is 0 Å². The van der Waals surface area contributed by atoms with E-state index in [-0.39, 0.29) is 17.7 Å². The Bertz CT molecular complexity index is 440. The van der Waals surface area contributed by atoms with Gasteiger partial charge in [0.05, 0.1) is 0 Å². The first kappa shape index (κ1) is 17.8. The SMILES string of the molecule is CCC(=O)[NH][Zr]([NH]C(=O)CC)([NH]C(=O)CC)[C]1=CC=CC1. The van der Waals surface area contributed by atoms with Gasteiger partial charge in [-0.3, -0.25) is 0 Å². The summed E-state index contributed by atoms with van der Waals surface area (Å²) >= 11 is -4.02. The van der Waals surface area contributed by atoms with E-state index >= 15 is 0 Å². The second-order valence-corrected chi connectivity index (χ2v) is 11.9. The van der Waals surface area contributed by atoms with Crippen LogP contribution in [0, 0.1) is 0 Å². The number of hydrogen-bond acceptors (Lipinski definition) is 3. The molecule has 7 heteroatoms. The molecule has 0 heterocycles. The Morgan fingerprint density at radius 2 is 1.38 bits per heavy atom. The summed E-state index contributed by atoms with van der Waals surface area (Å²) in [6.45, 7) is 5.24. The molecule has 1 rings (SSSR count). The number of rotatable bonds is 7. The average molecular weight is 373 g/mol. The van der Waals surface area contributed by atoms with Gasteiger partial charge in [-0.25, -0.2) is 0 Å². The molecule has 0 saturated carbocycles. The number of allylic oxidation sites excluding steroid dienone is 4. The van der Waals surface area contributed by atoms with Crippen LogP contribution in [-0.4, -0.2) is 17.7 Å². The molecule has 0 atom stereocenters. The van der Waals surface area contributed by atoms with Crippen LogP contribution in [0.2, 0.25) is 0 Å². The summed E-state index contributed by atoms with van der Waals surface area (Å²) in [5.74, 6) is -0.482. The second kappa shape index (κ2) is 8.27. The molecule has 1 aliphatic rings. The Kier molecular flexibility index (Phi) is 7.02. The molecule has 0 unspecified atom stereocenters. The number of nitrogens with one attached hydrogen (secondary N) is 3. The maximum atomic E-state index is 11.9. The normalized spacial score (nSPS) is 13.6. The van der Waals surface area contributed by atoms with Crippen molar-refractivity contribution in [2.75, 3.05) is 0 Å². The zero-order valence-electron chi connectivity index (χ0n) is 12.8. The Hall–Kier alpha value is -1.23. The fourth-order valence-corrected chi connectivity index (χ4v) is 9.88. The van der Waals surface area contributed by atoms with Crippen molar-refractivity contribution in [2.24, 2.45) is 0 Å². The minimum atomic E-state index is -4.02. The van der Waals surface area contributed by atoms with E-state index in [1.54, 1.807) is 20.8 Å². The Balaban J connectivity index is 3.14. The molecule has 0 aliphatic heterocycles. The maximum absolute atomic E-state index is 11.9. The molecule has 3 amide bonds. The molecule has 0 aromatic heterocycles. The third kappa shape index (κ3) is 4.92. The summed E-state index contributed by atoms with van der Waals surface area (Å²) in [5, 5.41) is 0. The van der Waals surface area contributed by atoms with E-state index in [0.717, 1.165) is 3.28 Å². The molecular weight excluding hydrogens is 349 g/mol. The summed E-state index contributed by atoms with van der Waals surface area (Å²) in [4.78, 5) is 35.7. The molecule has 0 spiro atoms. The summed E-state index contributed by atoms with van der Waals surface area (Å²) in [5.41, 5.74) is 0. The Morgan fingerprint density at radius 1 is 0.952 bits per heavy atom. The van der Waals surface area contributed by atoms with Gasteiger partial charge in [0.25, 0.3) is 0 Å². The van der Waals surface area contributed by atoms with E-state index < -0.39 is 21.1 Å². The fraction of sp³-hybridized carbons (Fsp3) is 0.500. The van der Waals surface area contributed by atoms with Crippen molar-refractivity contribution < 1.29 is 35.5 Å². The van der Waals surface area contributed by atoms with Gasteiger partial charge in [0.2, 0.25) is 0 Å². The molecule has 0 aromatic carbocycles. The van der Waals surface area contributed by atoms with Gasteiger partial charge in [-0.1, -0.05) is 0 Å². The Morgan fingerprint density at radius 3 is 1.67 bits per heavy atom. The average Bonchev–Trinajstić information content (AvgIpc) is 3.01. The van der Waals surface area contributed by atoms with Crippen molar-refractivity contribution >= 4 is 17.7 Å². The van der Waals surface area contributed by atoms with Crippen LogP contribution in [0.3, 0.4) is 0 Å². The van der Waals surface area contributed by atoms with E-state index in [2.05, 4.69) is 9.78 Å². The van der Waals surface area contributed by atoms with Crippen molar-refractivity contribution in [2.45, 2.75) is 46.5 Å². The monoisotopic (exact) mass is 371 g/mol. The van der Waals surface area contributed by atoms with Gasteiger partial charge < -0.3 is 0 Å². The van der Waals surface area contributed by atoms with E-state index in [0.29, 0.717) is 25.7 Å². The molecule has 116 valence electrons. The number of hydrogen-bond donors (Lipinski definition) is 3. The first-order valence-corrected chi connectivity index (χ1v) is 12.2. The summed E-state index contributed by atoms with van der Waals surface area (Å²) in [7, 11) is 0. The zero-order chi connectivity index (χ0) is 15.9. The summed E-state index contributed by atoms with van der Waals surface area (Å²) in [6.07, 6.45) is 7.30. The molecule has 0 saturated heterocycles. The first-order chi connectivity index (χ1) is 9.97. The standard InChI is InChI=1S/C5H5.3C3H7NO.Zr/c1-2-4-5-3-1;3*1-2-3(4)5;/h1-3H,4H2;3*2H2,1H3,(H2,4,5);/q;;;;+3/p-3. The first-order valence-electron chi connectivity index (χ1n) is 7.26. The number of carbonyl (C=O) groups excluding carboxylic acids is 3. The van der Waals surface area contributed by atoms with Crippen LogP contribution in [0.5, 0.6) is 0 Å². The van der Waals surface area contributed by atoms with Crippen molar-refractivity contribution in [3.8, 4) is 0 Å². The van der Waals surface area contributed by atoms with Crippen molar-refractivity contribution in [1.29, 1.82) is 0 Å². The van der Waals surface area contributed by atoms with Crippen molar-refractivity contribution in [1.82, 2.24) is 9.78 Å². The molecular formula is C14H23N3O3Zr. The third-order valence-corrected chi connectivity index (χ3v) is 11.3. The van der Waals surface area contributed by atoms with E-state index in [9.17, 15) is 14.4 Å². The van der Waals surface area contributed by atoms with Crippen LogP contribution in [0.25, 0.3) is 0 Å². The Labute approximate surface area is 131 Å². The van der Waals surface area contributed by atoms with Gasteiger partial charge in [-0.15, -0.1) is 0 Å². The molecule has 1 aliphatic carbocycles. The number of carbonyl (C=O) groups is 3. The summed E-state index contributed by atoms with van der Waals surface area (Å²) in [6, 6.07) is 0. The van der Waals surface area contributed by atoms with Gasteiger partial charge in [-0.2, -0.15) is 0 Å². The topological polar surface area (TPSA) is 87.3 Å². The quantitative estimate of drug-likeness (QED) is 0.630. The van der Waals surface area contributed by atoms with Gasteiger partial charge in [0, 0.05) is 0 Å². The molecule has 6 nitrogen and oxygen atoms in total.